The largest absolute Gasteiger partial charge is 0.483 e. The molecule has 0 aromatic heterocycles. The van der Waals surface area contributed by atoms with Gasteiger partial charge in [0.05, 0.1) is 5.56 Å². The van der Waals surface area contributed by atoms with Crippen molar-refractivity contribution >= 4 is 33.3 Å². The Balaban J connectivity index is 2.17. The molecule has 0 unspecified atom stereocenters. The molecule has 2 aromatic rings. The lowest BCUT2D eigenvalue weighted by molar-refractivity contribution is -0.120. The van der Waals surface area contributed by atoms with E-state index in [0.29, 0.717) is 11.3 Å². The first-order chi connectivity index (χ1) is 11.4. The smallest absolute Gasteiger partial charge is 0.265 e. The third-order valence-electron chi connectivity index (χ3n) is 3.49. The third kappa shape index (κ3) is 4.45. The summed E-state index contributed by atoms with van der Waals surface area (Å²) in [5.41, 5.74) is 1.28. The van der Waals surface area contributed by atoms with E-state index in [1.165, 1.54) is 6.92 Å². The van der Waals surface area contributed by atoms with Crippen molar-refractivity contribution in [2.45, 2.75) is 26.8 Å². The predicted octanol–water partition coefficient (Wildman–Crippen LogP) is 4.47. The lowest BCUT2D eigenvalue weighted by Gasteiger charge is -2.27. The highest BCUT2D eigenvalue weighted by Gasteiger charge is 2.20. The number of rotatable bonds is 6. The number of ether oxygens (including phenoxy) is 1. The van der Waals surface area contributed by atoms with Crippen molar-refractivity contribution < 1.29 is 14.3 Å². The molecule has 0 saturated heterocycles. The minimum atomic E-state index is -0.161. The Morgan fingerprint density at radius 2 is 1.79 bits per heavy atom. The van der Waals surface area contributed by atoms with Crippen LogP contribution in [0.1, 0.15) is 31.1 Å². The Hall–Kier alpha value is -2.14. The predicted molar refractivity (Wildman–Crippen MR) is 98.7 cm³/mol. The number of Topliss-reactive ketones (excluding diaryl/α,β-unsaturated/α-hetero) is 1. The maximum absolute atomic E-state index is 12.6. The highest BCUT2D eigenvalue weighted by molar-refractivity contribution is 9.10. The summed E-state index contributed by atoms with van der Waals surface area (Å²) in [6.45, 7) is 5.24. The van der Waals surface area contributed by atoms with E-state index in [1.54, 1.807) is 23.1 Å². The number of ketones is 1. The Labute approximate surface area is 150 Å². The summed E-state index contributed by atoms with van der Waals surface area (Å²) in [4.78, 5) is 26.0. The number of carbonyl (C=O) groups excluding carboxylic acids is 2. The van der Waals surface area contributed by atoms with Gasteiger partial charge in [-0.1, -0.05) is 34.1 Å². The van der Waals surface area contributed by atoms with E-state index in [2.05, 4.69) is 15.9 Å². The van der Waals surface area contributed by atoms with E-state index in [-0.39, 0.29) is 24.3 Å². The zero-order valence-corrected chi connectivity index (χ0v) is 15.5. The molecular formula is C19H20BrNO3. The fourth-order valence-corrected chi connectivity index (χ4v) is 2.77. The van der Waals surface area contributed by atoms with Gasteiger partial charge in [0.15, 0.2) is 12.4 Å². The second-order valence-corrected chi connectivity index (χ2v) is 6.59. The Morgan fingerprint density at radius 3 is 2.38 bits per heavy atom. The summed E-state index contributed by atoms with van der Waals surface area (Å²) in [5.74, 6) is 0.140. The van der Waals surface area contributed by atoms with Crippen LogP contribution in [0, 0.1) is 0 Å². The molecular weight excluding hydrogens is 370 g/mol. The van der Waals surface area contributed by atoms with Crippen LogP contribution in [0.25, 0.3) is 0 Å². The molecule has 0 aliphatic heterocycles. The number of halogens is 1. The molecule has 0 atom stereocenters. The van der Waals surface area contributed by atoms with Crippen LogP contribution in [-0.4, -0.2) is 24.3 Å². The van der Waals surface area contributed by atoms with Crippen LogP contribution in [0.3, 0.4) is 0 Å². The maximum Gasteiger partial charge on any atom is 0.265 e. The first kappa shape index (κ1) is 18.2. The molecule has 0 aliphatic rings. The van der Waals surface area contributed by atoms with Crippen LogP contribution in [0.5, 0.6) is 5.75 Å². The summed E-state index contributed by atoms with van der Waals surface area (Å²) in [6.07, 6.45) is 0. The molecule has 1 amide bonds. The number of amides is 1. The van der Waals surface area contributed by atoms with Crippen molar-refractivity contribution in [2.75, 3.05) is 11.5 Å². The minimum absolute atomic E-state index is 0.00159. The third-order valence-corrected chi connectivity index (χ3v) is 3.99. The quantitative estimate of drug-likeness (QED) is 0.684. The standard InChI is InChI=1S/C19H20BrNO3/c1-13(2)21(16-7-5-4-6-8-16)19(23)12-24-18-11-15(20)9-10-17(18)14(3)22/h4-11,13H,12H2,1-3H3. The van der Waals surface area contributed by atoms with Crippen LogP contribution >= 0.6 is 15.9 Å². The molecule has 126 valence electrons. The van der Waals surface area contributed by atoms with E-state index in [1.807, 2.05) is 44.2 Å². The van der Waals surface area contributed by atoms with Crippen LogP contribution in [0.2, 0.25) is 0 Å². The summed E-state index contributed by atoms with van der Waals surface area (Å²) < 4.78 is 6.44. The van der Waals surface area contributed by atoms with E-state index >= 15 is 0 Å². The molecule has 0 heterocycles. The summed E-state index contributed by atoms with van der Waals surface area (Å²) in [5, 5.41) is 0. The number of hydrogen-bond donors (Lipinski definition) is 0. The number of para-hydroxylation sites is 1. The summed E-state index contributed by atoms with van der Waals surface area (Å²) in [6, 6.07) is 14.6. The fourth-order valence-electron chi connectivity index (χ4n) is 2.43. The number of benzene rings is 2. The molecule has 0 saturated carbocycles. The van der Waals surface area contributed by atoms with Gasteiger partial charge in [-0.3, -0.25) is 9.59 Å². The molecule has 2 aromatic carbocycles. The second kappa shape index (κ2) is 8.11. The van der Waals surface area contributed by atoms with Crippen LogP contribution < -0.4 is 9.64 Å². The fraction of sp³-hybridized carbons (Fsp3) is 0.263. The molecule has 0 aliphatic carbocycles. The van der Waals surface area contributed by atoms with Crippen molar-refractivity contribution in [2.24, 2.45) is 0 Å². The number of hydrogen-bond acceptors (Lipinski definition) is 3. The van der Waals surface area contributed by atoms with Crippen molar-refractivity contribution in [1.29, 1.82) is 0 Å². The van der Waals surface area contributed by atoms with E-state index in [9.17, 15) is 9.59 Å². The van der Waals surface area contributed by atoms with E-state index in [0.717, 1.165) is 10.2 Å². The van der Waals surface area contributed by atoms with Crippen molar-refractivity contribution in [1.82, 2.24) is 0 Å². The molecule has 0 fully saturated rings. The maximum atomic E-state index is 12.6. The van der Waals surface area contributed by atoms with Gasteiger partial charge in [0.1, 0.15) is 5.75 Å². The Morgan fingerprint density at radius 1 is 1.12 bits per heavy atom. The lowest BCUT2D eigenvalue weighted by atomic mass is 10.1. The van der Waals surface area contributed by atoms with Crippen LogP contribution in [0.4, 0.5) is 5.69 Å². The normalized spacial score (nSPS) is 10.5. The molecule has 0 radical (unpaired) electrons. The minimum Gasteiger partial charge on any atom is -0.483 e. The van der Waals surface area contributed by atoms with Gasteiger partial charge in [-0.15, -0.1) is 0 Å². The van der Waals surface area contributed by atoms with Gasteiger partial charge in [0, 0.05) is 16.2 Å². The Bertz CT molecular complexity index is 729. The molecule has 0 N–H and O–H groups in total. The van der Waals surface area contributed by atoms with Crippen molar-refractivity contribution in [3.63, 3.8) is 0 Å². The first-order valence-electron chi connectivity index (χ1n) is 7.70. The van der Waals surface area contributed by atoms with Crippen molar-refractivity contribution in [3.05, 3.63) is 58.6 Å². The Kier molecular flexibility index (Phi) is 6.15. The average Bonchev–Trinajstić information content (AvgIpc) is 2.53. The molecule has 24 heavy (non-hydrogen) atoms. The molecule has 0 bridgehead atoms. The number of anilines is 1. The van der Waals surface area contributed by atoms with Crippen LogP contribution in [0.15, 0.2) is 53.0 Å². The van der Waals surface area contributed by atoms with E-state index < -0.39 is 0 Å². The van der Waals surface area contributed by atoms with Crippen LogP contribution in [-0.2, 0) is 4.79 Å². The second-order valence-electron chi connectivity index (χ2n) is 5.68. The zero-order valence-electron chi connectivity index (χ0n) is 14.0. The number of carbonyl (C=O) groups is 2. The highest BCUT2D eigenvalue weighted by Crippen LogP contribution is 2.25. The van der Waals surface area contributed by atoms with Gasteiger partial charge in [-0.2, -0.15) is 0 Å². The SMILES string of the molecule is CC(=O)c1ccc(Br)cc1OCC(=O)N(c1ccccc1)C(C)C. The van der Waals surface area contributed by atoms with Gasteiger partial charge < -0.3 is 9.64 Å². The monoisotopic (exact) mass is 389 g/mol. The molecule has 0 spiro atoms. The summed E-state index contributed by atoms with van der Waals surface area (Å²) in [7, 11) is 0. The van der Waals surface area contributed by atoms with Gasteiger partial charge in [0.2, 0.25) is 0 Å². The molecule has 4 nitrogen and oxygen atoms in total. The van der Waals surface area contributed by atoms with Gasteiger partial charge in [0.25, 0.3) is 5.91 Å². The average molecular weight is 390 g/mol. The molecule has 2 rings (SSSR count). The first-order valence-corrected chi connectivity index (χ1v) is 8.50. The van der Waals surface area contributed by atoms with Gasteiger partial charge in [-0.25, -0.2) is 0 Å². The van der Waals surface area contributed by atoms with Gasteiger partial charge >= 0.3 is 0 Å². The number of nitrogens with zero attached hydrogens (tertiary/aromatic N) is 1. The van der Waals surface area contributed by atoms with Crippen molar-refractivity contribution in [3.8, 4) is 5.75 Å². The van der Waals surface area contributed by atoms with E-state index in [4.69, 9.17) is 4.74 Å². The highest BCUT2D eigenvalue weighted by atomic mass is 79.9. The molecule has 5 heteroatoms. The van der Waals surface area contributed by atoms with Gasteiger partial charge in [-0.05, 0) is 51.1 Å². The lowest BCUT2D eigenvalue weighted by Crippen LogP contribution is -2.40. The zero-order chi connectivity index (χ0) is 17.7. The summed E-state index contributed by atoms with van der Waals surface area (Å²) >= 11 is 3.35. The topological polar surface area (TPSA) is 46.6 Å².